The molecular formula is C13H14O4. The summed E-state index contributed by atoms with van der Waals surface area (Å²) in [6, 6.07) is 5.51. The zero-order valence-corrected chi connectivity index (χ0v) is 9.60. The maximum Gasteiger partial charge on any atom is 0.307 e. The third-order valence-corrected chi connectivity index (χ3v) is 2.45. The van der Waals surface area contributed by atoms with Gasteiger partial charge in [-0.3, -0.25) is 4.79 Å². The molecule has 4 nitrogen and oxygen atoms in total. The lowest BCUT2D eigenvalue weighted by Crippen LogP contribution is -1.99. The molecule has 0 radical (unpaired) electrons. The third kappa shape index (κ3) is 2.41. The first-order valence-corrected chi connectivity index (χ1v) is 5.56. The van der Waals surface area contributed by atoms with Crippen LogP contribution in [-0.4, -0.2) is 17.7 Å². The van der Waals surface area contributed by atoms with Gasteiger partial charge in [0, 0.05) is 10.9 Å². The number of carboxylic acid groups (broad SMARTS) is 1. The third-order valence-electron chi connectivity index (χ3n) is 2.45. The van der Waals surface area contributed by atoms with Crippen LogP contribution >= 0.6 is 0 Å². The number of rotatable bonds is 5. The van der Waals surface area contributed by atoms with E-state index < -0.39 is 5.97 Å². The molecule has 0 saturated heterocycles. The van der Waals surface area contributed by atoms with E-state index >= 15 is 0 Å². The van der Waals surface area contributed by atoms with Gasteiger partial charge in [-0.15, -0.1) is 0 Å². The number of carbonyl (C=O) groups is 1. The summed E-state index contributed by atoms with van der Waals surface area (Å²) in [5.41, 5.74) is 1.30. The Bertz CT molecular complexity index is 527. The summed E-state index contributed by atoms with van der Waals surface area (Å²) >= 11 is 0. The predicted octanol–water partition coefficient (Wildman–Crippen LogP) is 2.85. The van der Waals surface area contributed by atoms with Crippen molar-refractivity contribution in [3.63, 3.8) is 0 Å². The van der Waals surface area contributed by atoms with Crippen molar-refractivity contribution >= 4 is 16.9 Å². The standard InChI is InChI=1S/C13H14O4/c1-2-6-16-11-5-3-4-10-9(7-12(14)15)8-17-13(10)11/h3-5,8H,2,6-7H2,1H3,(H,14,15). The first-order valence-electron chi connectivity index (χ1n) is 5.56. The number of para-hydroxylation sites is 1. The molecule has 0 saturated carbocycles. The van der Waals surface area contributed by atoms with E-state index in [1.54, 1.807) is 0 Å². The molecule has 0 spiro atoms. The van der Waals surface area contributed by atoms with Crippen LogP contribution in [0.5, 0.6) is 5.75 Å². The average molecular weight is 234 g/mol. The summed E-state index contributed by atoms with van der Waals surface area (Å²) in [6.07, 6.45) is 2.36. The first kappa shape index (κ1) is 11.5. The normalized spacial score (nSPS) is 10.6. The maximum absolute atomic E-state index is 10.7. The number of benzene rings is 1. The molecule has 90 valence electrons. The van der Waals surface area contributed by atoms with Crippen molar-refractivity contribution in [1.29, 1.82) is 0 Å². The maximum atomic E-state index is 10.7. The van der Waals surface area contributed by atoms with Crippen LogP contribution in [0.4, 0.5) is 0 Å². The van der Waals surface area contributed by atoms with Crippen LogP contribution in [0.25, 0.3) is 11.0 Å². The molecule has 1 heterocycles. The molecule has 0 fully saturated rings. The molecule has 1 aromatic carbocycles. The quantitative estimate of drug-likeness (QED) is 0.864. The minimum atomic E-state index is -0.868. The minimum absolute atomic E-state index is 0.0375. The van der Waals surface area contributed by atoms with Gasteiger partial charge in [0.15, 0.2) is 11.3 Å². The van der Waals surface area contributed by atoms with Gasteiger partial charge in [0.2, 0.25) is 0 Å². The Morgan fingerprint density at radius 2 is 2.29 bits per heavy atom. The van der Waals surface area contributed by atoms with Crippen molar-refractivity contribution in [2.24, 2.45) is 0 Å². The van der Waals surface area contributed by atoms with Gasteiger partial charge in [-0.2, -0.15) is 0 Å². The highest BCUT2D eigenvalue weighted by atomic mass is 16.5. The fourth-order valence-electron chi connectivity index (χ4n) is 1.71. The largest absolute Gasteiger partial charge is 0.490 e. The van der Waals surface area contributed by atoms with E-state index in [-0.39, 0.29) is 6.42 Å². The van der Waals surface area contributed by atoms with Gasteiger partial charge in [-0.05, 0) is 12.5 Å². The number of hydrogen-bond acceptors (Lipinski definition) is 3. The van der Waals surface area contributed by atoms with Gasteiger partial charge in [0.1, 0.15) is 0 Å². The van der Waals surface area contributed by atoms with Crippen molar-refractivity contribution in [3.05, 3.63) is 30.0 Å². The van der Waals surface area contributed by atoms with Gasteiger partial charge >= 0.3 is 5.97 Å². The van der Waals surface area contributed by atoms with E-state index in [0.717, 1.165) is 11.8 Å². The summed E-state index contributed by atoms with van der Waals surface area (Å²) in [6.45, 7) is 2.65. The van der Waals surface area contributed by atoms with E-state index in [2.05, 4.69) is 0 Å². The second-order valence-corrected chi connectivity index (χ2v) is 3.81. The van der Waals surface area contributed by atoms with E-state index in [9.17, 15) is 4.79 Å². The Morgan fingerprint density at radius 1 is 1.47 bits per heavy atom. The van der Waals surface area contributed by atoms with Crippen LogP contribution in [0, 0.1) is 0 Å². The molecule has 0 aliphatic rings. The topological polar surface area (TPSA) is 59.7 Å². The summed E-state index contributed by atoms with van der Waals surface area (Å²) in [5, 5.41) is 9.59. The van der Waals surface area contributed by atoms with Crippen LogP contribution in [0.15, 0.2) is 28.9 Å². The van der Waals surface area contributed by atoms with E-state index in [1.165, 1.54) is 6.26 Å². The Hall–Kier alpha value is -1.97. The van der Waals surface area contributed by atoms with Gasteiger partial charge in [0.05, 0.1) is 19.3 Å². The zero-order valence-electron chi connectivity index (χ0n) is 9.60. The fraction of sp³-hybridized carbons (Fsp3) is 0.308. The van der Waals surface area contributed by atoms with Crippen molar-refractivity contribution < 1.29 is 19.1 Å². The molecule has 0 bridgehead atoms. The SMILES string of the molecule is CCCOc1cccc2c(CC(=O)O)coc12. The second-order valence-electron chi connectivity index (χ2n) is 3.81. The molecule has 1 aromatic heterocycles. The highest BCUT2D eigenvalue weighted by molar-refractivity contribution is 5.89. The van der Waals surface area contributed by atoms with Gasteiger partial charge in [-0.1, -0.05) is 19.1 Å². The Labute approximate surface area is 98.8 Å². The van der Waals surface area contributed by atoms with E-state index in [0.29, 0.717) is 23.5 Å². The van der Waals surface area contributed by atoms with Gasteiger partial charge in [-0.25, -0.2) is 0 Å². The number of fused-ring (bicyclic) bond motifs is 1. The van der Waals surface area contributed by atoms with Crippen molar-refractivity contribution in [1.82, 2.24) is 0 Å². The second kappa shape index (κ2) is 4.91. The van der Waals surface area contributed by atoms with Crippen molar-refractivity contribution in [2.45, 2.75) is 19.8 Å². The van der Waals surface area contributed by atoms with Crippen LogP contribution in [0.3, 0.4) is 0 Å². The molecule has 0 aliphatic carbocycles. The molecule has 1 N–H and O–H groups in total. The van der Waals surface area contributed by atoms with Gasteiger partial charge in [0.25, 0.3) is 0 Å². The van der Waals surface area contributed by atoms with Crippen LogP contribution in [0.1, 0.15) is 18.9 Å². The summed E-state index contributed by atoms with van der Waals surface area (Å²) in [4.78, 5) is 10.7. The molecule has 4 heteroatoms. The van der Waals surface area contributed by atoms with Crippen LogP contribution in [-0.2, 0) is 11.2 Å². The van der Waals surface area contributed by atoms with Crippen molar-refractivity contribution in [2.75, 3.05) is 6.61 Å². The number of ether oxygens (including phenoxy) is 1. The van der Waals surface area contributed by atoms with E-state index in [1.807, 2.05) is 25.1 Å². The lowest BCUT2D eigenvalue weighted by atomic mass is 10.1. The highest BCUT2D eigenvalue weighted by Gasteiger charge is 2.12. The smallest absolute Gasteiger partial charge is 0.307 e. The summed E-state index contributed by atoms with van der Waals surface area (Å²) in [5.74, 6) is -0.200. The number of hydrogen-bond donors (Lipinski definition) is 1. The molecular weight excluding hydrogens is 220 g/mol. The first-order chi connectivity index (χ1) is 8.22. The van der Waals surface area contributed by atoms with Crippen molar-refractivity contribution in [3.8, 4) is 5.75 Å². The lowest BCUT2D eigenvalue weighted by molar-refractivity contribution is -0.136. The zero-order chi connectivity index (χ0) is 12.3. The molecule has 17 heavy (non-hydrogen) atoms. The number of furan rings is 1. The summed E-state index contributed by atoms with van der Waals surface area (Å²) < 4.78 is 10.9. The van der Waals surface area contributed by atoms with E-state index in [4.69, 9.17) is 14.3 Å². The Kier molecular flexibility index (Phi) is 3.32. The summed E-state index contributed by atoms with van der Waals surface area (Å²) in [7, 11) is 0. The predicted molar refractivity (Wildman–Crippen MR) is 63.3 cm³/mol. The molecule has 0 unspecified atom stereocenters. The number of carboxylic acids is 1. The average Bonchev–Trinajstić information content (AvgIpc) is 2.70. The molecule has 0 aliphatic heterocycles. The minimum Gasteiger partial charge on any atom is -0.490 e. The fourth-order valence-corrected chi connectivity index (χ4v) is 1.71. The Balaban J connectivity index is 2.38. The number of aliphatic carboxylic acids is 1. The molecule has 0 atom stereocenters. The highest BCUT2D eigenvalue weighted by Crippen LogP contribution is 2.30. The molecule has 2 rings (SSSR count). The molecule has 2 aromatic rings. The van der Waals surface area contributed by atoms with Gasteiger partial charge < -0.3 is 14.3 Å². The lowest BCUT2D eigenvalue weighted by Gasteiger charge is -2.04. The van der Waals surface area contributed by atoms with Crippen LogP contribution in [0.2, 0.25) is 0 Å². The monoisotopic (exact) mass is 234 g/mol. The molecule has 0 amide bonds. The van der Waals surface area contributed by atoms with Crippen LogP contribution < -0.4 is 4.74 Å². The Morgan fingerprint density at radius 3 is 3.00 bits per heavy atom.